The molecule has 26 heavy (non-hydrogen) atoms. The van der Waals surface area contributed by atoms with Crippen LogP contribution in [0.3, 0.4) is 0 Å². The van der Waals surface area contributed by atoms with Crippen molar-refractivity contribution in [3.8, 4) is 0 Å². The fourth-order valence-corrected chi connectivity index (χ4v) is 2.64. The maximum atomic E-state index is 12.5. The number of benzene rings is 2. The lowest BCUT2D eigenvalue weighted by atomic mass is 10.1. The SMILES string of the molecule is CCCCNC(=O)/C(=C/c1ccc(Cl)cc1)NC(=O)c1ccc(I)cc1. The fourth-order valence-electron chi connectivity index (χ4n) is 2.15. The van der Waals surface area contributed by atoms with Gasteiger partial charge in [-0.2, -0.15) is 0 Å². The number of carbonyl (C=O) groups excluding carboxylic acids is 2. The summed E-state index contributed by atoms with van der Waals surface area (Å²) in [6.07, 6.45) is 3.50. The molecule has 0 heterocycles. The van der Waals surface area contributed by atoms with Crippen LogP contribution in [0.25, 0.3) is 6.08 Å². The second-order valence-electron chi connectivity index (χ2n) is 5.68. The fraction of sp³-hybridized carbons (Fsp3) is 0.200. The third kappa shape index (κ3) is 6.46. The Morgan fingerprint density at radius 1 is 1.08 bits per heavy atom. The van der Waals surface area contributed by atoms with E-state index in [-0.39, 0.29) is 17.5 Å². The third-order valence-electron chi connectivity index (χ3n) is 3.60. The number of unbranched alkanes of at least 4 members (excludes halogenated alkanes) is 1. The normalized spacial score (nSPS) is 11.1. The number of hydrogen-bond donors (Lipinski definition) is 2. The Kier molecular flexibility index (Phi) is 8.12. The number of hydrogen-bond acceptors (Lipinski definition) is 2. The van der Waals surface area contributed by atoms with E-state index >= 15 is 0 Å². The van der Waals surface area contributed by atoms with Crippen LogP contribution >= 0.6 is 34.2 Å². The largest absolute Gasteiger partial charge is 0.351 e. The van der Waals surface area contributed by atoms with Crippen LogP contribution in [0.15, 0.2) is 54.2 Å². The lowest BCUT2D eigenvalue weighted by Gasteiger charge is -2.11. The summed E-state index contributed by atoms with van der Waals surface area (Å²) in [7, 11) is 0. The van der Waals surface area contributed by atoms with E-state index in [1.807, 2.05) is 12.1 Å². The first-order valence-electron chi connectivity index (χ1n) is 8.32. The van der Waals surface area contributed by atoms with Crippen molar-refractivity contribution < 1.29 is 9.59 Å². The Balaban J connectivity index is 2.21. The highest BCUT2D eigenvalue weighted by Gasteiger charge is 2.14. The second-order valence-corrected chi connectivity index (χ2v) is 7.36. The van der Waals surface area contributed by atoms with E-state index in [0.29, 0.717) is 17.1 Å². The Labute approximate surface area is 172 Å². The van der Waals surface area contributed by atoms with Gasteiger partial charge in [-0.05, 0) is 77.0 Å². The van der Waals surface area contributed by atoms with Crippen molar-refractivity contribution in [1.82, 2.24) is 10.6 Å². The molecule has 2 rings (SSSR count). The molecule has 4 nitrogen and oxygen atoms in total. The van der Waals surface area contributed by atoms with Gasteiger partial charge in [0.2, 0.25) is 0 Å². The topological polar surface area (TPSA) is 58.2 Å². The number of rotatable bonds is 7. The van der Waals surface area contributed by atoms with E-state index in [2.05, 4.69) is 40.1 Å². The summed E-state index contributed by atoms with van der Waals surface area (Å²) in [5, 5.41) is 6.16. The first-order chi connectivity index (χ1) is 12.5. The highest BCUT2D eigenvalue weighted by atomic mass is 127. The van der Waals surface area contributed by atoms with Crippen molar-refractivity contribution in [1.29, 1.82) is 0 Å². The van der Waals surface area contributed by atoms with E-state index in [4.69, 9.17) is 11.6 Å². The lowest BCUT2D eigenvalue weighted by molar-refractivity contribution is -0.117. The van der Waals surface area contributed by atoms with Gasteiger partial charge in [-0.1, -0.05) is 37.1 Å². The minimum absolute atomic E-state index is 0.201. The van der Waals surface area contributed by atoms with Crippen molar-refractivity contribution in [2.24, 2.45) is 0 Å². The Morgan fingerprint density at radius 2 is 1.73 bits per heavy atom. The molecule has 2 N–H and O–H groups in total. The zero-order valence-electron chi connectivity index (χ0n) is 14.4. The molecule has 2 aromatic rings. The molecule has 2 amide bonds. The van der Waals surface area contributed by atoms with E-state index in [9.17, 15) is 9.59 Å². The summed E-state index contributed by atoms with van der Waals surface area (Å²) in [5.41, 5.74) is 1.47. The molecule has 0 aliphatic heterocycles. The summed E-state index contributed by atoms with van der Waals surface area (Å²) in [4.78, 5) is 25.0. The molecule has 0 aliphatic carbocycles. The quantitative estimate of drug-likeness (QED) is 0.343. The molecular formula is C20H20ClIN2O2. The molecule has 0 radical (unpaired) electrons. The van der Waals surface area contributed by atoms with Gasteiger partial charge in [0.1, 0.15) is 5.70 Å². The maximum absolute atomic E-state index is 12.5. The minimum atomic E-state index is -0.327. The van der Waals surface area contributed by atoms with Crippen molar-refractivity contribution in [2.45, 2.75) is 19.8 Å². The molecule has 6 heteroatoms. The van der Waals surface area contributed by atoms with E-state index in [1.165, 1.54) is 0 Å². The van der Waals surface area contributed by atoms with Gasteiger partial charge in [0.05, 0.1) is 0 Å². The highest BCUT2D eigenvalue weighted by molar-refractivity contribution is 14.1. The summed E-state index contributed by atoms with van der Waals surface area (Å²) in [6.45, 7) is 2.61. The van der Waals surface area contributed by atoms with Crippen LogP contribution in [-0.2, 0) is 4.79 Å². The number of amides is 2. The number of nitrogens with one attached hydrogen (secondary N) is 2. The third-order valence-corrected chi connectivity index (χ3v) is 4.57. The molecule has 0 spiro atoms. The molecule has 0 unspecified atom stereocenters. The Hall–Kier alpha value is -1.86. The van der Waals surface area contributed by atoms with Gasteiger partial charge in [-0.3, -0.25) is 9.59 Å². The van der Waals surface area contributed by atoms with Gasteiger partial charge < -0.3 is 10.6 Å². The van der Waals surface area contributed by atoms with Crippen LogP contribution in [0.4, 0.5) is 0 Å². The maximum Gasteiger partial charge on any atom is 0.267 e. The van der Waals surface area contributed by atoms with E-state index in [1.54, 1.807) is 42.5 Å². The van der Waals surface area contributed by atoms with Gasteiger partial charge in [0.25, 0.3) is 11.8 Å². The van der Waals surface area contributed by atoms with Crippen molar-refractivity contribution in [2.75, 3.05) is 6.54 Å². The molecule has 0 atom stereocenters. The molecule has 0 bridgehead atoms. The van der Waals surface area contributed by atoms with Gasteiger partial charge in [-0.15, -0.1) is 0 Å². The second kappa shape index (κ2) is 10.3. The Bertz CT molecular complexity index is 786. The molecule has 2 aromatic carbocycles. The molecule has 136 valence electrons. The van der Waals surface area contributed by atoms with Crippen LogP contribution in [-0.4, -0.2) is 18.4 Å². The average molecular weight is 483 g/mol. The van der Waals surface area contributed by atoms with E-state index in [0.717, 1.165) is 22.0 Å². The summed E-state index contributed by atoms with van der Waals surface area (Å²) < 4.78 is 1.04. The number of halogens is 2. The van der Waals surface area contributed by atoms with Crippen LogP contribution in [0.2, 0.25) is 5.02 Å². The molecule has 0 aromatic heterocycles. The van der Waals surface area contributed by atoms with Gasteiger partial charge >= 0.3 is 0 Å². The van der Waals surface area contributed by atoms with Crippen LogP contribution < -0.4 is 10.6 Å². The highest BCUT2D eigenvalue weighted by Crippen LogP contribution is 2.13. The van der Waals surface area contributed by atoms with Crippen LogP contribution in [0, 0.1) is 3.57 Å². The summed E-state index contributed by atoms with van der Waals surface area (Å²) in [5.74, 6) is -0.639. The first kappa shape index (κ1) is 20.5. The smallest absolute Gasteiger partial charge is 0.267 e. The standard InChI is InChI=1S/C20H20ClIN2O2/c1-2-3-12-23-20(26)18(13-14-4-8-16(21)9-5-14)24-19(25)15-6-10-17(22)11-7-15/h4-11,13H,2-3,12H2,1H3,(H,23,26)(H,24,25)/b18-13-. The van der Waals surface area contributed by atoms with Gasteiger partial charge in [-0.25, -0.2) is 0 Å². The molecule has 0 fully saturated rings. The lowest BCUT2D eigenvalue weighted by Crippen LogP contribution is -2.35. The zero-order chi connectivity index (χ0) is 18.9. The monoisotopic (exact) mass is 482 g/mol. The van der Waals surface area contributed by atoms with Crippen LogP contribution in [0.1, 0.15) is 35.7 Å². The molecule has 0 saturated carbocycles. The van der Waals surface area contributed by atoms with Crippen molar-refractivity contribution in [3.05, 3.63) is 73.9 Å². The van der Waals surface area contributed by atoms with Gasteiger partial charge in [0.15, 0.2) is 0 Å². The Morgan fingerprint density at radius 3 is 2.35 bits per heavy atom. The van der Waals surface area contributed by atoms with E-state index < -0.39 is 0 Å². The van der Waals surface area contributed by atoms with Crippen molar-refractivity contribution >= 4 is 52.1 Å². The summed E-state index contributed by atoms with van der Waals surface area (Å²) >= 11 is 8.08. The number of carbonyl (C=O) groups is 2. The average Bonchev–Trinajstić information content (AvgIpc) is 2.63. The zero-order valence-corrected chi connectivity index (χ0v) is 17.3. The predicted octanol–water partition coefficient (Wildman–Crippen LogP) is 4.63. The van der Waals surface area contributed by atoms with Gasteiger partial charge in [0, 0.05) is 20.7 Å². The first-order valence-corrected chi connectivity index (χ1v) is 9.77. The molecular weight excluding hydrogens is 463 g/mol. The molecule has 0 aliphatic rings. The molecule has 0 saturated heterocycles. The van der Waals surface area contributed by atoms with Crippen molar-refractivity contribution in [3.63, 3.8) is 0 Å². The summed E-state index contributed by atoms with van der Waals surface area (Å²) in [6, 6.07) is 14.2. The predicted molar refractivity (Wildman–Crippen MR) is 114 cm³/mol. The van der Waals surface area contributed by atoms with Crippen LogP contribution in [0.5, 0.6) is 0 Å². The minimum Gasteiger partial charge on any atom is -0.351 e.